The van der Waals surface area contributed by atoms with Gasteiger partial charge in [0.25, 0.3) is 0 Å². The third-order valence-corrected chi connectivity index (χ3v) is 3.35. The van der Waals surface area contributed by atoms with Gasteiger partial charge in [0.15, 0.2) is 0 Å². The number of hydrogen-bond acceptors (Lipinski definition) is 2. The lowest BCUT2D eigenvalue weighted by Gasteiger charge is -2.12. The predicted octanol–water partition coefficient (Wildman–Crippen LogP) is 5.04. The fourth-order valence-corrected chi connectivity index (χ4v) is 2.19. The van der Waals surface area contributed by atoms with E-state index in [1.54, 1.807) is 6.20 Å². The molecule has 0 aliphatic rings. The number of nitrogens with zero attached hydrogens (tertiary/aromatic N) is 1. The largest absolute Gasteiger partial charge is 0.439 e. The molecule has 19 heavy (non-hydrogen) atoms. The lowest BCUT2D eigenvalue weighted by atomic mass is 9.98. The first-order valence-corrected chi connectivity index (χ1v) is 6.93. The number of pyridine rings is 1. The van der Waals surface area contributed by atoms with E-state index in [0.717, 1.165) is 11.3 Å². The van der Waals surface area contributed by atoms with Crippen LogP contribution in [0.25, 0.3) is 0 Å². The minimum absolute atomic E-state index is 0.468. The summed E-state index contributed by atoms with van der Waals surface area (Å²) in [5, 5.41) is 0. The molecule has 1 aromatic heterocycles. The zero-order valence-corrected chi connectivity index (χ0v) is 12.2. The summed E-state index contributed by atoms with van der Waals surface area (Å²) in [6.07, 6.45) is 1.73. The van der Waals surface area contributed by atoms with Crippen molar-refractivity contribution in [3.05, 3.63) is 53.2 Å². The van der Waals surface area contributed by atoms with Gasteiger partial charge in [0.1, 0.15) is 5.75 Å². The maximum absolute atomic E-state index is 5.74. The molecule has 2 nitrogen and oxygen atoms in total. The summed E-state index contributed by atoms with van der Waals surface area (Å²) < 4.78 is 5.74. The van der Waals surface area contributed by atoms with Crippen molar-refractivity contribution in [2.24, 2.45) is 0 Å². The Labute approximate surface area is 119 Å². The molecule has 0 atom stereocenters. The van der Waals surface area contributed by atoms with Crippen LogP contribution < -0.4 is 4.74 Å². The first-order chi connectivity index (χ1) is 9.10. The molecule has 3 heteroatoms. The smallest absolute Gasteiger partial charge is 0.219 e. The molecule has 0 saturated heterocycles. The molecule has 0 N–H and O–H groups in total. The van der Waals surface area contributed by atoms with E-state index >= 15 is 0 Å². The van der Waals surface area contributed by atoms with Crippen molar-refractivity contribution in [3.8, 4) is 11.6 Å². The fraction of sp³-hybridized carbons (Fsp3) is 0.312. The fourth-order valence-electron chi connectivity index (χ4n) is 2.03. The van der Waals surface area contributed by atoms with Gasteiger partial charge >= 0.3 is 0 Å². The molecule has 0 aliphatic carbocycles. The third kappa shape index (κ3) is 3.48. The average Bonchev–Trinajstić information content (AvgIpc) is 2.39. The number of aryl methyl sites for hydroxylation is 1. The van der Waals surface area contributed by atoms with Gasteiger partial charge in [-0.25, -0.2) is 4.98 Å². The maximum atomic E-state index is 5.74. The highest BCUT2D eigenvalue weighted by Gasteiger charge is 2.05. The normalized spacial score (nSPS) is 10.8. The summed E-state index contributed by atoms with van der Waals surface area (Å²) in [4.78, 5) is 4.23. The second-order valence-electron chi connectivity index (χ2n) is 4.91. The van der Waals surface area contributed by atoms with Gasteiger partial charge in [0.2, 0.25) is 5.88 Å². The molecule has 1 aromatic carbocycles. The lowest BCUT2D eigenvalue weighted by Crippen LogP contribution is -1.94. The van der Waals surface area contributed by atoms with Gasteiger partial charge in [-0.1, -0.05) is 26.0 Å². The summed E-state index contributed by atoms with van der Waals surface area (Å²) in [6, 6.07) is 9.91. The molecule has 0 aliphatic heterocycles. The third-order valence-electron chi connectivity index (χ3n) is 3.04. The van der Waals surface area contributed by atoms with E-state index in [0.29, 0.717) is 17.7 Å². The quantitative estimate of drug-likeness (QED) is 0.729. The number of halogens is 1. The zero-order valence-electron chi connectivity index (χ0n) is 11.5. The van der Waals surface area contributed by atoms with Crippen LogP contribution in [0.15, 0.2) is 36.5 Å². The number of alkyl halides is 1. The molecule has 0 spiro atoms. The summed E-state index contributed by atoms with van der Waals surface area (Å²) in [5.74, 6) is 2.39. The van der Waals surface area contributed by atoms with Gasteiger partial charge in [-0.15, -0.1) is 11.6 Å². The molecule has 2 aromatic rings. The highest BCUT2D eigenvalue weighted by Crippen LogP contribution is 2.26. The van der Waals surface area contributed by atoms with Crippen LogP contribution in [0.4, 0.5) is 0 Å². The maximum Gasteiger partial charge on any atom is 0.219 e. The highest BCUT2D eigenvalue weighted by molar-refractivity contribution is 6.17. The van der Waals surface area contributed by atoms with Gasteiger partial charge < -0.3 is 4.74 Å². The molecule has 2 rings (SSSR count). The van der Waals surface area contributed by atoms with Crippen LogP contribution in [-0.4, -0.2) is 4.98 Å². The van der Waals surface area contributed by atoms with E-state index in [1.165, 1.54) is 11.1 Å². The molecule has 0 bridgehead atoms. The SMILES string of the molecule is Cc1cc(Oc2ccc(CCl)cn2)ccc1C(C)C. The summed E-state index contributed by atoms with van der Waals surface area (Å²) in [6.45, 7) is 6.48. The van der Waals surface area contributed by atoms with Gasteiger partial charge in [-0.3, -0.25) is 0 Å². The number of rotatable bonds is 4. The van der Waals surface area contributed by atoms with E-state index in [1.807, 2.05) is 24.3 Å². The van der Waals surface area contributed by atoms with Crippen LogP contribution in [0.2, 0.25) is 0 Å². The van der Waals surface area contributed by atoms with E-state index < -0.39 is 0 Å². The number of aromatic nitrogens is 1. The second kappa shape index (κ2) is 6.07. The van der Waals surface area contributed by atoms with Crippen molar-refractivity contribution < 1.29 is 4.74 Å². The Morgan fingerprint density at radius 2 is 2.00 bits per heavy atom. The molecular weight excluding hydrogens is 258 g/mol. The molecule has 0 saturated carbocycles. The van der Waals surface area contributed by atoms with Crippen molar-refractivity contribution in [1.29, 1.82) is 0 Å². The van der Waals surface area contributed by atoms with Crippen LogP contribution in [0.5, 0.6) is 11.6 Å². The van der Waals surface area contributed by atoms with Crippen molar-refractivity contribution in [2.75, 3.05) is 0 Å². The van der Waals surface area contributed by atoms with E-state index in [9.17, 15) is 0 Å². The summed E-state index contributed by atoms with van der Waals surface area (Å²) >= 11 is 5.73. The Hall–Kier alpha value is -1.54. The predicted molar refractivity (Wildman–Crippen MR) is 79.1 cm³/mol. The first kappa shape index (κ1) is 13.9. The van der Waals surface area contributed by atoms with Gasteiger partial charge in [0, 0.05) is 18.1 Å². The first-order valence-electron chi connectivity index (χ1n) is 6.39. The Balaban J connectivity index is 2.16. The van der Waals surface area contributed by atoms with Crippen molar-refractivity contribution in [1.82, 2.24) is 4.98 Å². The topological polar surface area (TPSA) is 22.1 Å². The Bertz CT molecular complexity index is 549. The van der Waals surface area contributed by atoms with E-state index in [2.05, 4.69) is 31.8 Å². The highest BCUT2D eigenvalue weighted by atomic mass is 35.5. The van der Waals surface area contributed by atoms with Crippen LogP contribution in [0.1, 0.15) is 36.5 Å². The van der Waals surface area contributed by atoms with Crippen molar-refractivity contribution in [2.45, 2.75) is 32.6 Å². The number of hydrogen-bond donors (Lipinski definition) is 0. The molecule has 100 valence electrons. The lowest BCUT2D eigenvalue weighted by molar-refractivity contribution is 0.462. The van der Waals surface area contributed by atoms with E-state index in [-0.39, 0.29) is 0 Å². The van der Waals surface area contributed by atoms with Gasteiger partial charge in [0.05, 0.1) is 0 Å². The van der Waals surface area contributed by atoms with Crippen LogP contribution in [-0.2, 0) is 5.88 Å². The second-order valence-corrected chi connectivity index (χ2v) is 5.18. The number of ether oxygens (including phenoxy) is 1. The van der Waals surface area contributed by atoms with Crippen LogP contribution in [0.3, 0.4) is 0 Å². The minimum atomic E-state index is 0.468. The molecule has 0 radical (unpaired) electrons. The van der Waals surface area contributed by atoms with Gasteiger partial charge in [-0.2, -0.15) is 0 Å². The molecule has 0 fully saturated rings. The van der Waals surface area contributed by atoms with E-state index in [4.69, 9.17) is 16.3 Å². The van der Waals surface area contributed by atoms with Crippen LogP contribution in [0, 0.1) is 6.92 Å². The standard InChI is InChI=1S/C16H18ClNO/c1-11(2)15-6-5-14(8-12(15)3)19-16-7-4-13(9-17)10-18-16/h4-8,10-11H,9H2,1-3H3. The molecule has 0 unspecified atom stereocenters. The molecule has 0 amide bonds. The molecule has 1 heterocycles. The monoisotopic (exact) mass is 275 g/mol. The molecular formula is C16H18ClNO. The minimum Gasteiger partial charge on any atom is -0.439 e. The van der Waals surface area contributed by atoms with Crippen LogP contribution >= 0.6 is 11.6 Å². The van der Waals surface area contributed by atoms with Crippen molar-refractivity contribution in [3.63, 3.8) is 0 Å². The van der Waals surface area contributed by atoms with Crippen molar-refractivity contribution >= 4 is 11.6 Å². The average molecular weight is 276 g/mol. The summed E-state index contributed by atoms with van der Waals surface area (Å²) in [5.41, 5.74) is 3.57. The Morgan fingerprint density at radius 3 is 2.53 bits per heavy atom. The zero-order chi connectivity index (χ0) is 13.8. The Kier molecular flexibility index (Phi) is 4.43. The number of benzene rings is 1. The Morgan fingerprint density at radius 1 is 1.21 bits per heavy atom. The summed E-state index contributed by atoms with van der Waals surface area (Å²) in [7, 11) is 0. The van der Waals surface area contributed by atoms with Gasteiger partial charge in [-0.05, 0) is 41.7 Å².